The van der Waals surface area contributed by atoms with Gasteiger partial charge in [0.25, 0.3) is 11.5 Å². The number of nitrogens with one attached hydrogen (secondary N) is 1. The fourth-order valence-corrected chi connectivity index (χ4v) is 5.35. The van der Waals surface area contributed by atoms with Crippen molar-refractivity contribution in [3.05, 3.63) is 87.3 Å². The summed E-state index contributed by atoms with van der Waals surface area (Å²) in [5.41, 5.74) is -1.14. The summed E-state index contributed by atoms with van der Waals surface area (Å²) in [5.74, 6) is -5.86. The van der Waals surface area contributed by atoms with E-state index in [0.29, 0.717) is 5.56 Å². The second kappa shape index (κ2) is 12.5. The highest BCUT2D eigenvalue weighted by molar-refractivity contribution is 7.90. The molecule has 15 heteroatoms. The van der Waals surface area contributed by atoms with Crippen molar-refractivity contribution in [2.75, 3.05) is 30.6 Å². The summed E-state index contributed by atoms with van der Waals surface area (Å²) in [7, 11) is -2.23. The molecule has 43 heavy (non-hydrogen) atoms. The van der Waals surface area contributed by atoms with Crippen molar-refractivity contribution in [3.63, 3.8) is 0 Å². The Hall–Kier alpha value is -4.40. The first-order chi connectivity index (χ1) is 20.2. The Balaban J connectivity index is 1.75. The van der Waals surface area contributed by atoms with Crippen LogP contribution in [0.4, 0.5) is 23.2 Å². The Labute approximate surface area is 243 Å². The largest absolute Gasteiger partial charge is 0.497 e. The minimum absolute atomic E-state index is 0.0682. The summed E-state index contributed by atoms with van der Waals surface area (Å²) < 4.78 is 89.2. The van der Waals surface area contributed by atoms with Crippen molar-refractivity contribution in [1.82, 2.24) is 9.88 Å². The molecule has 1 aliphatic heterocycles. The number of anilines is 1. The molecule has 0 aliphatic carbocycles. The van der Waals surface area contributed by atoms with E-state index in [4.69, 9.17) is 4.74 Å². The fraction of sp³-hybridized carbons (Fsp3) is 0.321. The highest BCUT2D eigenvalue weighted by Gasteiger charge is 2.46. The van der Waals surface area contributed by atoms with Gasteiger partial charge >= 0.3 is 6.61 Å². The minimum atomic E-state index is -3.44. The van der Waals surface area contributed by atoms with Crippen LogP contribution in [0.15, 0.2) is 53.5 Å². The van der Waals surface area contributed by atoms with Crippen LogP contribution in [0.1, 0.15) is 27.4 Å². The molecule has 1 N–H and O–H groups in total. The van der Waals surface area contributed by atoms with E-state index in [9.17, 15) is 31.6 Å². The van der Waals surface area contributed by atoms with E-state index in [1.165, 1.54) is 26.3 Å². The molecule has 2 atom stereocenters. The zero-order chi connectivity index (χ0) is 31.6. The number of nitrogens with zero attached hydrogens (tertiary/aromatic N) is 2. The van der Waals surface area contributed by atoms with E-state index in [1.54, 1.807) is 0 Å². The second-order valence-electron chi connectivity index (χ2n) is 9.89. The van der Waals surface area contributed by atoms with Gasteiger partial charge in [-0.3, -0.25) is 14.4 Å². The van der Waals surface area contributed by atoms with Gasteiger partial charge in [-0.15, -0.1) is 0 Å². The van der Waals surface area contributed by atoms with Crippen molar-refractivity contribution in [2.24, 2.45) is 0 Å². The Morgan fingerprint density at radius 3 is 2.26 bits per heavy atom. The zero-order valence-corrected chi connectivity index (χ0v) is 24.0. The van der Waals surface area contributed by atoms with Gasteiger partial charge in [0.1, 0.15) is 44.7 Å². The van der Waals surface area contributed by atoms with Gasteiger partial charge in [0.2, 0.25) is 5.91 Å². The van der Waals surface area contributed by atoms with Crippen molar-refractivity contribution >= 4 is 27.3 Å². The molecule has 4 rings (SSSR count). The molecule has 0 spiro atoms. The number of benzene rings is 2. The van der Waals surface area contributed by atoms with Gasteiger partial charge in [0.15, 0.2) is 0 Å². The molecule has 0 unspecified atom stereocenters. The number of carbonyl (C=O) groups is 2. The first kappa shape index (κ1) is 31.5. The maximum absolute atomic E-state index is 15.3. The Bertz CT molecular complexity index is 1690. The van der Waals surface area contributed by atoms with Crippen LogP contribution >= 0.6 is 0 Å². The number of hydrogen-bond acceptors (Lipinski definition) is 7. The SMILES string of the molecule is COc1cc(F)c([C@@H]2CN(c3c(C)ccn(CCS(C)(=O)=O)c3=O)C(=O)[C@H]2NC(=O)c2ccc(OC(F)F)cc2)c(F)c1. The van der Waals surface area contributed by atoms with Gasteiger partial charge in [0, 0.05) is 54.7 Å². The number of halogens is 4. The third-order valence-corrected chi connectivity index (χ3v) is 7.84. The Kier molecular flexibility index (Phi) is 9.13. The van der Waals surface area contributed by atoms with Crippen molar-refractivity contribution in [3.8, 4) is 11.5 Å². The maximum Gasteiger partial charge on any atom is 0.387 e. The zero-order valence-electron chi connectivity index (χ0n) is 23.1. The molecule has 2 amide bonds. The predicted octanol–water partition coefficient (Wildman–Crippen LogP) is 3.02. The molecule has 2 aromatic carbocycles. The van der Waals surface area contributed by atoms with Crippen LogP contribution in [0.3, 0.4) is 0 Å². The van der Waals surface area contributed by atoms with E-state index >= 15 is 8.78 Å². The number of sulfone groups is 1. The lowest BCUT2D eigenvalue weighted by atomic mass is 9.92. The van der Waals surface area contributed by atoms with Crippen LogP contribution < -0.4 is 25.2 Å². The molecular weight excluding hydrogens is 598 g/mol. The van der Waals surface area contributed by atoms with Gasteiger partial charge in [-0.25, -0.2) is 17.2 Å². The van der Waals surface area contributed by atoms with Crippen LogP contribution in [0.5, 0.6) is 11.5 Å². The number of pyridine rings is 1. The lowest BCUT2D eigenvalue weighted by Crippen LogP contribution is -2.45. The summed E-state index contributed by atoms with van der Waals surface area (Å²) in [4.78, 5) is 41.4. The van der Waals surface area contributed by atoms with E-state index in [1.807, 2.05) is 0 Å². The molecule has 0 saturated carbocycles. The van der Waals surface area contributed by atoms with E-state index < -0.39 is 69.5 Å². The number of ether oxygens (including phenoxy) is 2. The van der Waals surface area contributed by atoms with Crippen molar-refractivity contribution < 1.29 is 45.0 Å². The molecule has 3 aromatic rings. The summed E-state index contributed by atoms with van der Waals surface area (Å²) in [5, 5.41) is 2.46. The fourth-order valence-electron chi connectivity index (χ4n) is 4.82. The lowest BCUT2D eigenvalue weighted by molar-refractivity contribution is -0.118. The van der Waals surface area contributed by atoms with Crippen LogP contribution in [-0.2, 0) is 21.2 Å². The number of aryl methyl sites for hydroxylation is 2. The normalized spacial score (nSPS) is 16.9. The van der Waals surface area contributed by atoms with Crippen LogP contribution in [-0.4, -0.2) is 63.1 Å². The number of aromatic nitrogens is 1. The maximum atomic E-state index is 15.3. The highest BCUT2D eigenvalue weighted by atomic mass is 32.2. The second-order valence-corrected chi connectivity index (χ2v) is 12.1. The van der Waals surface area contributed by atoms with Gasteiger partial charge in [-0.05, 0) is 42.8 Å². The number of methoxy groups -OCH3 is 1. The topological polar surface area (TPSA) is 124 Å². The Morgan fingerprint density at radius 2 is 1.70 bits per heavy atom. The number of carbonyl (C=O) groups excluding carboxylic acids is 2. The van der Waals surface area contributed by atoms with Gasteiger partial charge in [-0.2, -0.15) is 8.78 Å². The third kappa shape index (κ3) is 6.98. The van der Waals surface area contributed by atoms with E-state index in [0.717, 1.165) is 52.1 Å². The first-order valence-corrected chi connectivity index (χ1v) is 14.8. The third-order valence-electron chi connectivity index (χ3n) is 6.92. The standard InChI is InChI=1S/C28H27F4N3O7S/c1-15-8-9-34(10-11-43(3,39)40)27(38)24(15)35-14-19(22-20(29)12-18(41-2)13-21(22)30)23(26(35)37)33-25(36)16-4-6-17(7-5-16)42-28(31)32/h4-9,12-13,19,23,28H,10-11,14H2,1-3H3,(H,33,36)/t19-,23-/m0/s1. The quantitative estimate of drug-likeness (QED) is 0.344. The van der Waals surface area contributed by atoms with E-state index in [-0.39, 0.29) is 35.0 Å². The summed E-state index contributed by atoms with van der Waals surface area (Å²) >= 11 is 0. The molecule has 1 saturated heterocycles. The summed E-state index contributed by atoms with van der Waals surface area (Å²) in [6.45, 7) is -2.18. The van der Waals surface area contributed by atoms with Gasteiger partial charge < -0.3 is 24.3 Å². The predicted molar refractivity (Wildman–Crippen MR) is 147 cm³/mol. The highest BCUT2D eigenvalue weighted by Crippen LogP contribution is 2.36. The summed E-state index contributed by atoms with van der Waals surface area (Å²) in [6.07, 6.45) is 2.38. The molecule has 1 aromatic heterocycles. The minimum Gasteiger partial charge on any atom is -0.497 e. The smallest absolute Gasteiger partial charge is 0.387 e. The molecule has 1 aliphatic rings. The molecule has 0 radical (unpaired) electrons. The van der Waals surface area contributed by atoms with E-state index in [2.05, 4.69) is 10.1 Å². The number of alkyl halides is 2. The van der Waals surface area contributed by atoms with Crippen molar-refractivity contribution in [1.29, 1.82) is 0 Å². The average molecular weight is 626 g/mol. The molecular formula is C28H27F4N3O7S. The number of hydrogen-bond donors (Lipinski definition) is 1. The monoisotopic (exact) mass is 625 g/mol. The van der Waals surface area contributed by atoms with Crippen LogP contribution in [0.2, 0.25) is 0 Å². The van der Waals surface area contributed by atoms with Crippen LogP contribution in [0, 0.1) is 18.6 Å². The van der Waals surface area contributed by atoms with Gasteiger partial charge in [0.05, 0.1) is 12.9 Å². The summed E-state index contributed by atoms with van der Waals surface area (Å²) in [6, 6.07) is 6.30. The molecule has 1 fully saturated rings. The Morgan fingerprint density at radius 1 is 1.07 bits per heavy atom. The number of amides is 2. The molecule has 0 bridgehead atoms. The van der Waals surface area contributed by atoms with Crippen LogP contribution in [0.25, 0.3) is 0 Å². The number of rotatable bonds is 10. The lowest BCUT2D eigenvalue weighted by Gasteiger charge is -2.20. The first-order valence-electron chi connectivity index (χ1n) is 12.8. The van der Waals surface area contributed by atoms with Crippen molar-refractivity contribution in [2.45, 2.75) is 32.0 Å². The molecule has 230 valence electrons. The van der Waals surface area contributed by atoms with Gasteiger partial charge in [-0.1, -0.05) is 0 Å². The average Bonchev–Trinajstić information content (AvgIpc) is 3.22. The molecule has 10 nitrogen and oxygen atoms in total. The molecule has 2 heterocycles.